The fraction of sp³-hybridized carbons (Fsp3) is 1.00. The molecular formula is C4H10F3NOS. The van der Waals surface area contributed by atoms with E-state index in [1.54, 1.807) is 0 Å². The number of hydrogen-bond donors (Lipinski definition) is 0. The number of halogens is 3. The normalized spacial score (nSPS) is 16.8. The molecule has 0 aromatic carbocycles. The molecule has 0 spiro atoms. The molecule has 0 aliphatic rings. The second-order valence-corrected chi connectivity index (χ2v) is 3.57. The molecule has 0 amide bonds. The smallest absolute Gasteiger partial charge is 0.174 e. The summed E-state index contributed by atoms with van der Waals surface area (Å²) < 4.78 is 45.5. The third-order valence-electron chi connectivity index (χ3n) is 1.10. The van der Waals surface area contributed by atoms with E-state index < -0.39 is 10.4 Å². The molecule has 0 aliphatic heterocycles. The minimum absolute atomic E-state index is 0.0111. The average Bonchev–Trinajstić information content (AvgIpc) is 1.62. The highest BCUT2D eigenvalue weighted by molar-refractivity contribution is 8.04. The van der Waals surface area contributed by atoms with Crippen molar-refractivity contribution in [3.8, 4) is 0 Å². The lowest BCUT2D eigenvalue weighted by Crippen LogP contribution is -2.38. The molecule has 0 saturated carbocycles. The third-order valence-corrected chi connectivity index (χ3v) is 2.42. The van der Waals surface area contributed by atoms with Crippen LogP contribution in [0.4, 0.5) is 11.7 Å². The summed E-state index contributed by atoms with van der Waals surface area (Å²) in [5.74, 6) is 0. The van der Waals surface area contributed by atoms with Gasteiger partial charge in [-0.2, -0.15) is 8.51 Å². The monoisotopic (exact) mass is 177 g/mol. The van der Waals surface area contributed by atoms with Crippen molar-refractivity contribution in [1.82, 2.24) is 4.31 Å². The highest BCUT2D eigenvalue weighted by atomic mass is 32.4. The maximum absolute atomic E-state index is 11.9. The topological polar surface area (TPSA) is 20.3 Å². The van der Waals surface area contributed by atoms with Gasteiger partial charge in [0.05, 0.1) is 0 Å². The predicted octanol–water partition coefficient (Wildman–Crippen LogP) is 1.72. The van der Waals surface area contributed by atoms with Crippen LogP contribution in [0.5, 0.6) is 0 Å². The molecule has 0 unspecified atom stereocenters. The SMILES string of the molecule is CCN(CC)S(=O)(F)(F)F. The first-order valence-corrected chi connectivity index (χ1v) is 4.48. The zero-order valence-corrected chi connectivity index (χ0v) is 6.63. The van der Waals surface area contributed by atoms with Gasteiger partial charge in [-0.05, 0) is 0 Å². The number of hydrogen-bond acceptors (Lipinski definition) is 1. The molecule has 0 aliphatic carbocycles. The first kappa shape index (κ1) is 9.90. The molecule has 6 heteroatoms. The standard InChI is InChI=1S/C4H10F3NOS/c1-3-8(4-2)10(5,6,7)9/h3-4H2,1-2H3. The van der Waals surface area contributed by atoms with Crippen LogP contribution >= 0.6 is 0 Å². The molecule has 0 aromatic heterocycles. The second-order valence-electron chi connectivity index (χ2n) is 1.76. The van der Waals surface area contributed by atoms with Crippen molar-refractivity contribution in [2.75, 3.05) is 13.1 Å². The van der Waals surface area contributed by atoms with E-state index >= 15 is 0 Å². The summed E-state index contributed by atoms with van der Waals surface area (Å²) in [4.78, 5) is 0. The first-order valence-electron chi connectivity index (χ1n) is 2.86. The first-order chi connectivity index (χ1) is 4.28. The third kappa shape index (κ3) is 2.66. The van der Waals surface area contributed by atoms with E-state index in [1.807, 2.05) is 0 Å². The molecule has 0 radical (unpaired) electrons. The van der Waals surface area contributed by atoms with Crippen LogP contribution in [0.1, 0.15) is 13.8 Å². The van der Waals surface area contributed by atoms with Gasteiger partial charge in [0, 0.05) is 13.1 Å². The maximum atomic E-state index is 11.9. The van der Waals surface area contributed by atoms with Gasteiger partial charge in [0.2, 0.25) is 0 Å². The van der Waals surface area contributed by atoms with E-state index in [4.69, 9.17) is 0 Å². The van der Waals surface area contributed by atoms with Gasteiger partial charge in [-0.3, -0.25) is 0 Å². The van der Waals surface area contributed by atoms with Crippen molar-refractivity contribution in [1.29, 1.82) is 0 Å². The number of rotatable bonds is 3. The molecule has 0 bridgehead atoms. The van der Waals surface area contributed by atoms with Crippen LogP contribution in [0.15, 0.2) is 0 Å². The highest BCUT2D eigenvalue weighted by Gasteiger charge is 2.40. The Morgan fingerprint density at radius 2 is 1.50 bits per heavy atom. The van der Waals surface area contributed by atoms with Crippen LogP contribution in [-0.2, 0) is 10.4 Å². The molecule has 0 heterocycles. The Kier molecular flexibility index (Phi) is 2.48. The van der Waals surface area contributed by atoms with E-state index in [0.717, 1.165) is 0 Å². The van der Waals surface area contributed by atoms with Crippen LogP contribution in [0.25, 0.3) is 0 Å². The maximum Gasteiger partial charge on any atom is 0.361 e. The zero-order valence-electron chi connectivity index (χ0n) is 5.81. The van der Waals surface area contributed by atoms with Crippen LogP contribution in [0.2, 0.25) is 0 Å². The molecule has 0 fully saturated rings. The van der Waals surface area contributed by atoms with Gasteiger partial charge in [0.15, 0.2) is 0 Å². The van der Waals surface area contributed by atoms with Crippen LogP contribution in [-0.4, -0.2) is 21.6 Å². The minimum atomic E-state index is -6.93. The lowest BCUT2D eigenvalue weighted by molar-refractivity contribution is 0.334. The Morgan fingerprint density at radius 1 is 1.20 bits per heavy atom. The molecule has 0 saturated heterocycles. The summed E-state index contributed by atoms with van der Waals surface area (Å²) in [7, 11) is -6.93. The van der Waals surface area contributed by atoms with Crippen molar-refractivity contribution >= 4 is 10.4 Å². The molecule has 10 heavy (non-hydrogen) atoms. The van der Waals surface area contributed by atoms with E-state index in [0.29, 0.717) is 0 Å². The lowest BCUT2D eigenvalue weighted by atomic mass is 10.7. The van der Waals surface area contributed by atoms with Crippen molar-refractivity contribution in [3.63, 3.8) is 0 Å². The summed E-state index contributed by atoms with van der Waals surface area (Å²) in [6.07, 6.45) is 0. The van der Waals surface area contributed by atoms with Gasteiger partial charge in [-0.25, -0.2) is 0 Å². The van der Waals surface area contributed by atoms with Gasteiger partial charge in [-0.1, -0.05) is 25.5 Å². The Hall–Kier alpha value is -0.100. The minimum Gasteiger partial charge on any atom is -0.174 e. The van der Waals surface area contributed by atoms with E-state index in [-0.39, 0.29) is 17.4 Å². The summed E-state index contributed by atoms with van der Waals surface area (Å²) >= 11 is 0. The zero-order chi connectivity index (χ0) is 8.44. The molecule has 0 N–H and O–H groups in total. The van der Waals surface area contributed by atoms with Gasteiger partial charge in [-0.15, -0.1) is 0 Å². The van der Waals surface area contributed by atoms with Crippen LogP contribution < -0.4 is 0 Å². The van der Waals surface area contributed by atoms with Gasteiger partial charge in [0.25, 0.3) is 0 Å². The quantitative estimate of drug-likeness (QED) is 0.601. The second kappa shape index (κ2) is 2.50. The lowest BCUT2D eigenvalue weighted by Gasteiger charge is -2.26. The summed E-state index contributed by atoms with van der Waals surface area (Å²) in [6, 6.07) is 0. The van der Waals surface area contributed by atoms with Crippen molar-refractivity contribution < 1.29 is 15.9 Å². The van der Waals surface area contributed by atoms with Crippen LogP contribution in [0, 0.1) is 0 Å². The van der Waals surface area contributed by atoms with Crippen molar-refractivity contribution in [2.24, 2.45) is 0 Å². The van der Waals surface area contributed by atoms with Gasteiger partial charge < -0.3 is 0 Å². The molecule has 0 aromatic rings. The Bertz CT molecular complexity index is 162. The van der Waals surface area contributed by atoms with Crippen molar-refractivity contribution in [3.05, 3.63) is 0 Å². The van der Waals surface area contributed by atoms with Crippen molar-refractivity contribution in [2.45, 2.75) is 13.8 Å². The Morgan fingerprint density at radius 3 is 1.50 bits per heavy atom. The van der Waals surface area contributed by atoms with Gasteiger partial charge >= 0.3 is 10.4 Å². The molecular weight excluding hydrogens is 167 g/mol. The fourth-order valence-corrected chi connectivity index (χ4v) is 1.42. The summed E-state index contributed by atoms with van der Waals surface area (Å²) in [5, 5.41) is 0. The average molecular weight is 177 g/mol. The molecule has 0 atom stereocenters. The molecule has 64 valence electrons. The highest BCUT2D eigenvalue weighted by Crippen LogP contribution is 2.34. The fourth-order valence-electron chi connectivity index (χ4n) is 0.622. The largest absolute Gasteiger partial charge is 0.361 e. The summed E-state index contributed by atoms with van der Waals surface area (Å²) in [5.41, 5.74) is 0. The number of nitrogens with zero attached hydrogens (tertiary/aromatic N) is 1. The molecule has 0 rings (SSSR count). The Balaban J connectivity index is 4.45. The predicted molar refractivity (Wildman–Crippen MR) is 34.4 cm³/mol. The van der Waals surface area contributed by atoms with E-state index in [1.165, 1.54) is 13.8 Å². The van der Waals surface area contributed by atoms with Crippen LogP contribution in [0.3, 0.4) is 0 Å². The molecule has 2 nitrogen and oxygen atoms in total. The Labute approximate surface area is 58.4 Å². The van der Waals surface area contributed by atoms with E-state index in [2.05, 4.69) is 0 Å². The summed E-state index contributed by atoms with van der Waals surface area (Å²) in [6.45, 7) is 2.11. The van der Waals surface area contributed by atoms with Gasteiger partial charge in [0.1, 0.15) is 0 Å². The van der Waals surface area contributed by atoms with E-state index in [9.17, 15) is 15.9 Å².